The van der Waals surface area contributed by atoms with Crippen LogP contribution in [0.2, 0.25) is 0 Å². The van der Waals surface area contributed by atoms with E-state index in [2.05, 4.69) is 12.1 Å². The predicted molar refractivity (Wildman–Crippen MR) is 107 cm³/mol. The summed E-state index contributed by atoms with van der Waals surface area (Å²) in [6.07, 6.45) is 10.4. The van der Waals surface area contributed by atoms with Crippen molar-refractivity contribution in [2.24, 2.45) is 17.8 Å². The SMILES string of the molecule is CCOCOCCCc1ccc(C(C)=O)cc1C12CC3CC(CC(C3)C1)C2. The van der Waals surface area contributed by atoms with E-state index in [1.54, 1.807) is 6.92 Å². The predicted octanol–water partition coefficient (Wildman–Crippen LogP) is 5.30. The Hall–Kier alpha value is -1.19. The van der Waals surface area contributed by atoms with Crippen LogP contribution in [0.1, 0.15) is 80.3 Å². The number of carbonyl (C=O) groups is 1. The summed E-state index contributed by atoms with van der Waals surface area (Å²) in [4.78, 5) is 12.1. The summed E-state index contributed by atoms with van der Waals surface area (Å²) in [5.41, 5.74) is 4.17. The molecule has 4 bridgehead atoms. The van der Waals surface area contributed by atoms with E-state index in [9.17, 15) is 4.79 Å². The Morgan fingerprint density at radius 1 is 1.07 bits per heavy atom. The highest BCUT2D eigenvalue weighted by Crippen LogP contribution is 2.61. The molecule has 0 aromatic heterocycles. The normalized spacial score (nSPS) is 31.4. The van der Waals surface area contributed by atoms with Crippen molar-refractivity contribution in [2.45, 2.75) is 70.6 Å². The molecule has 0 saturated heterocycles. The Labute approximate surface area is 163 Å². The molecule has 3 nitrogen and oxygen atoms in total. The van der Waals surface area contributed by atoms with E-state index in [-0.39, 0.29) is 5.78 Å². The Bertz CT molecular complexity index is 643. The lowest BCUT2D eigenvalue weighted by atomic mass is 9.47. The molecule has 0 radical (unpaired) electrons. The number of aryl methyl sites for hydroxylation is 1. The summed E-state index contributed by atoms with van der Waals surface area (Å²) in [5.74, 6) is 2.94. The van der Waals surface area contributed by atoms with Crippen LogP contribution in [0, 0.1) is 17.8 Å². The van der Waals surface area contributed by atoms with Crippen LogP contribution >= 0.6 is 0 Å². The molecule has 0 atom stereocenters. The molecule has 0 heterocycles. The van der Waals surface area contributed by atoms with Crippen molar-refractivity contribution in [3.63, 3.8) is 0 Å². The average Bonchev–Trinajstić information content (AvgIpc) is 2.63. The number of ether oxygens (including phenoxy) is 2. The Morgan fingerprint density at radius 2 is 1.74 bits per heavy atom. The zero-order chi connectivity index (χ0) is 18.9. The van der Waals surface area contributed by atoms with Crippen LogP contribution in [0.3, 0.4) is 0 Å². The van der Waals surface area contributed by atoms with Crippen molar-refractivity contribution in [1.29, 1.82) is 0 Å². The zero-order valence-electron chi connectivity index (χ0n) is 17.0. The van der Waals surface area contributed by atoms with Crippen molar-refractivity contribution < 1.29 is 14.3 Å². The van der Waals surface area contributed by atoms with Gasteiger partial charge < -0.3 is 9.47 Å². The van der Waals surface area contributed by atoms with E-state index in [0.717, 1.165) is 42.8 Å². The minimum Gasteiger partial charge on any atom is -0.356 e. The fraction of sp³-hybridized carbons (Fsp3) is 0.708. The van der Waals surface area contributed by atoms with E-state index < -0.39 is 0 Å². The summed E-state index contributed by atoms with van der Waals surface area (Å²) in [7, 11) is 0. The molecule has 148 valence electrons. The first-order chi connectivity index (χ1) is 13.1. The van der Waals surface area contributed by atoms with E-state index in [0.29, 0.717) is 18.8 Å². The Balaban J connectivity index is 1.54. The second-order valence-corrected chi connectivity index (χ2v) is 9.25. The topological polar surface area (TPSA) is 35.5 Å². The van der Waals surface area contributed by atoms with Gasteiger partial charge in [-0.05, 0) is 106 Å². The third kappa shape index (κ3) is 4.00. The maximum atomic E-state index is 12.1. The first kappa shape index (κ1) is 19.1. The van der Waals surface area contributed by atoms with Gasteiger partial charge in [0.1, 0.15) is 6.79 Å². The van der Waals surface area contributed by atoms with Crippen LogP contribution in [0.25, 0.3) is 0 Å². The first-order valence-corrected chi connectivity index (χ1v) is 10.9. The van der Waals surface area contributed by atoms with Gasteiger partial charge in [-0.15, -0.1) is 0 Å². The molecule has 1 aromatic carbocycles. The molecule has 3 heteroatoms. The highest BCUT2D eigenvalue weighted by atomic mass is 16.7. The van der Waals surface area contributed by atoms with Crippen molar-refractivity contribution >= 4 is 5.78 Å². The molecule has 4 saturated carbocycles. The van der Waals surface area contributed by atoms with Crippen molar-refractivity contribution in [3.8, 4) is 0 Å². The lowest BCUT2D eigenvalue weighted by Crippen LogP contribution is -2.49. The molecule has 1 aromatic rings. The van der Waals surface area contributed by atoms with Crippen molar-refractivity contribution in [3.05, 3.63) is 34.9 Å². The number of hydrogen-bond acceptors (Lipinski definition) is 3. The summed E-state index contributed by atoms with van der Waals surface area (Å²) in [6.45, 7) is 5.50. The number of ketones is 1. The smallest absolute Gasteiger partial charge is 0.159 e. The lowest BCUT2D eigenvalue weighted by molar-refractivity contribution is -0.0498. The monoisotopic (exact) mass is 370 g/mol. The molecular weight excluding hydrogens is 336 g/mol. The van der Waals surface area contributed by atoms with Crippen molar-refractivity contribution in [2.75, 3.05) is 20.0 Å². The maximum Gasteiger partial charge on any atom is 0.159 e. The van der Waals surface area contributed by atoms with Gasteiger partial charge in [0.2, 0.25) is 0 Å². The fourth-order valence-corrected chi connectivity index (χ4v) is 6.51. The van der Waals surface area contributed by atoms with Gasteiger partial charge in [-0.1, -0.05) is 12.1 Å². The van der Waals surface area contributed by atoms with Gasteiger partial charge >= 0.3 is 0 Å². The van der Waals surface area contributed by atoms with Gasteiger partial charge in [0, 0.05) is 18.8 Å². The number of rotatable bonds is 9. The molecule has 5 rings (SSSR count). The molecule has 4 aliphatic carbocycles. The lowest BCUT2D eigenvalue weighted by Gasteiger charge is -2.57. The van der Waals surface area contributed by atoms with Crippen molar-refractivity contribution in [1.82, 2.24) is 0 Å². The molecule has 4 fully saturated rings. The first-order valence-electron chi connectivity index (χ1n) is 10.9. The van der Waals surface area contributed by atoms with Crippen LogP contribution in [0.4, 0.5) is 0 Å². The van der Waals surface area contributed by atoms with Crippen LogP contribution in [0.5, 0.6) is 0 Å². The van der Waals surface area contributed by atoms with Gasteiger partial charge in [0.05, 0.1) is 0 Å². The van der Waals surface area contributed by atoms with Crippen LogP contribution in [-0.4, -0.2) is 25.8 Å². The zero-order valence-corrected chi connectivity index (χ0v) is 17.0. The molecule has 0 spiro atoms. The van der Waals surface area contributed by atoms with E-state index in [1.165, 1.54) is 49.7 Å². The highest BCUT2D eigenvalue weighted by molar-refractivity contribution is 5.94. The molecule has 0 unspecified atom stereocenters. The third-order valence-corrected chi connectivity index (χ3v) is 7.23. The molecule has 0 amide bonds. The largest absolute Gasteiger partial charge is 0.356 e. The second kappa shape index (κ2) is 8.05. The van der Waals surface area contributed by atoms with Crippen LogP contribution in [0.15, 0.2) is 18.2 Å². The standard InChI is InChI=1S/C24H34O3/c1-3-26-16-27-8-4-5-21-6-7-22(17(2)25)12-23(21)24-13-18-9-19(14-24)11-20(10-18)15-24/h6-7,12,18-20H,3-5,8-11,13-16H2,1-2H3. The number of hydrogen-bond donors (Lipinski definition) is 0. The van der Waals surface area contributed by atoms with Gasteiger partial charge in [-0.2, -0.15) is 0 Å². The van der Waals surface area contributed by atoms with Crippen LogP contribution < -0.4 is 0 Å². The minimum atomic E-state index is 0.188. The summed E-state index contributed by atoms with van der Waals surface area (Å²) in [5, 5.41) is 0. The van der Waals surface area contributed by atoms with Gasteiger partial charge in [0.25, 0.3) is 0 Å². The summed E-state index contributed by atoms with van der Waals surface area (Å²) in [6, 6.07) is 6.52. The minimum absolute atomic E-state index is 0.188. The molecule has 27 heavy (non-hydrogen) atoms. The molecule has 4 aliphatic rings. The van der Waals surface area contributed by atoms with E-state index in [1.807, 2.05) is 13.0 Å². The number of benzene rings is 1. The van der Waals surface area contributed by atoms with E-state index in [4.69, 9.17) is 9.47 Å². The summed E-state index contributed by atoms with van der Waals surface area (Å²) >= 11 is 0. The Morgan fingerprint density at radius 3 is 2.33 bits per heavy atom. The van der Waals surface area contributed by atoms with E-state index >= 15 is 0 Å². The van der Waals surface area contributed by atoms with Crippen LogP contribution in [-0.2, 0) is 21.3 Å². The quantitative estimate of drug-likeness (QED) is 0.336. The van der Waals surface area contributed by atoms with Gasteiger partial charge in [0.15, 0.2) is 5.78 Å². The van der Waals surface area contributed by atoms with Gasteiger partial charge in [-0.3, -0.25) is 4.79 Å². The number of Topliss-reactive ketones (excluding diaryl/α,β-unsaturated/α-hetero) is 1. The number of carbonyl (C=O) groups excluding carboxylic acids is 1. The average molecular weight is 371 g/mol. The van der Waals surface area contributed by atoms with Gasteiger partial charge in [-0.25, -0.2) is 0 Å². The molecular formula is C24H34O3. The second-order valence-electron chi connectivity index (χ2n) is 9.25. The molecule has 0 N–H and O–H groups in total. The fourth-order valence-electron chi connectivity index (χ4n) is 6.51. The third-order valence-electron chi connectivity index (χ3n) is 7.23. The highest BCUT2D eigenvalue weighted by Gasteiger charge is 2.52. The maximum absolute atomic E-state index is 12.1. The Kier molecular flexibility index (Phi) is 5.70. The molecule has 0 aliphatic heterocycles. The summed E-state index contributed by atoms with van der Waals surface area (Å²) < 4.78 is 10.8.